The number of hydrogen-bond donors (Lipinski definition) is 1. The number of aliphatic hydroxyl groups is 1. The molecule has 3 atom stereocenters. The zero-order chi connectivity index (χ0) is 14.9. The van der Waals surface area contributed by atoms with E-state index in [-0.39, 0.29) is 12.0 Å². The van der Waals surface area contributed by atoms with Crippen molar-refractivity contribution in [3.05, 3.63) is 23.8 Å². The number of benzene rings is 1. The van der Waals surface area contributed by atoms with Gasteiger partial charge in [-0.3, -0.25) is 4.90 Å². The van der Waals surface area contributed by atoms with E-state index in [1.54, 1.807) is 0 Å². The van der Waals surface area contributed by atoms with Crippen molar-refractivity contribution in [1.82, 2.24) is 4.90 Å². The summed E-state index contributed by atoms with van der Waals surface area (Å²) in [5.41, 5.74) is 1.17. The molecule has 0 bridgehead atoms. The lowest BCUT2D eigenvalue weighted by molar-refractivity contribution is -0.0636. The molecule has 22 heavy (non-hydrogen) atoms. The molecule has 0 radical (unpaired) electrons. The summed E-state index contributed by atoms with van der Waals surface area (Å²) in [5.74, 6) is 1.95. The monoisotopic (exact) mass is 305 g/mol. The lowest BCUT2D eigenvalue weighted by Gasteiger charge is -2.37. The Morgan fingerprint density at radius 2 is 2.18 bits per heavy atom. The second kappa shape index (κ2) is 6.07. The van der Waals surface area contributed by atoms with Gasteiger partial charge in [0.05, 0.1) is 12.7 Å². The maximum atomic E-state index is 10.3. The van der Waals surface area contributed by atoms with E-state index in [9.17, 15) is 5.11 Å². The molecule has 3 aliphatic rings. The van der Waals surface area contributed by atoms with Gasteiger partial charge in [0.1, 0.15) is 0 Å². The predicted octanol–water partition coefficient (Wildman–Crippen LogP) is 1.78. The van der Waals surface area contributed by atoms with Crippen LogP contribution in [0.25, 0.3) is 0 Å². The number of para-hydroxylation sites is 1. The number of fused-ring (bicyclic) bond motifs is 1. The van der Waals surface area contributed by atoms with Gasteiger partial charge in [0.25, 0.3) is 0 Å². The summed E-state index contributed by atoms with van der Waals surface area (Å²) in [6.07, 6.45) is 2.84. The number of nitrogens with zero attached hydrogens (tertiary/aromatic N) is 1. The van der Waals surface area contributed by atoms with Crippen molar-refractivity contribution < 1.29 is 19.3 Å². The minimum absolute atomic E-state index is 0.227. The Hall–Kier alpha value is -1.30. The number of hydrogen-bond acceptors (Lipinski definition) is 5. The van der Waals surface area contributed by atoms with Gasteiger partial charge in [-0.2, -0.15) is 0 Å². The standard InChI is InChI=1S/C17H23NO4/c19-15-6-8-20-10-13(15)14-4-2-7-18(14)9-12-3-1-5-16-17(12)22-11-21-16/h1,3,5,13-15,19H,2,4,6-11H2. The van der Waals surface area contributed by atoms with Crippen molar-refractivity contribution in [2.75, 3.05) is 26.6 Å². The molecule has 2 saturated heterocycles. The van der Waals surface area contributed by atoms with Crippen molar-refractivity contribution in [2.45, 2.75) is 38.0 Å². The molecule has 1 aromatic rings. The van der Waals surface area contributed by atoms with E-state index in [0.29, 0.717) is 26.0 Å². The van der Waals surface area contributed by atoms with E-state index in [1.807, 2.05) is 12.1 Å². The van der Waals surface area contributed by atoms with Crippen LogP contribution >= 0.6 is 0 Å². The summed E-state index contributed by atoms with van der Waals surface area (Å²) in [4.78, 5) is 2.47. The quantitative estimate of drug-likeness (QED) is 0.922. The maximum Gasteiger partial charge on any atom is 0.231 e. The highest BCUT2D eigenvalue weighted by molar-refractivity contribution is 5.48. The predicted molar refractivity (Wildman–Crippen MR) is 80.9 cm³/mol. The molecule has 120 valence electrons. The normalized spacial score (nSPS) is 31.6. The molecule has 3 unspecified atom stereocenters. The van der Waals surface area contributed by atoms with Gasteiger partial charge in [-0.05, 0) is 31.9 Å². The third kappa shape index (κ3) is 2.57. The molecular weight excluding hydrogens is 282 g/mol. The maximum absolute atomic E-state index is 10.3. The van der Waals surface area contributed by atoms with Gasteiger partial charge in [0.15, 0.2) is 11.5 Å². The second-order valence-electron chi connectivity index (χ2n) is 6.43. The zero-order valence-corrected chi connectivity index (χ0v) is 12.7. The van der Waals surface area contributed by atoms with Gasteiger partial charge in [0, 0.05) is 30.7 Å². The topological polar surface area (TPSA) is 51.2 Å². The third-order valence-corrected chi connectivity index (χ3v) is 5.12. The van der Waals surface area contributed by atoms with Crippen molar-refractivity contribution in [3.63, 3.8) is 0 Å². The summed E-state index contributed by atoms with van der Waals surface area (Å²) in [7, 11) is 0. The summed E-state index contributed by atoms with van der Waals surface area (Å²) >= 11 is 0. The molecule has 2 fully saturated rings. The lowest BCUT2D eigenvalue weighted by Crippen LogP contribution is -2.45. The zero-order valence-electron chi connectivity index (χ0n) is 12.7. The number of rotatable bonds is 3. The second-order valence-corrected chi connectivity index (χ2v) is 6.43. The first kappa shape index (κ1) is 14.3. The van der Waals surface area contributed by atoms with Crippen LogP contribution in [0.3, 0.4) is 0 Å². The van der Waals surface area contributed by atoms with Gasteiger partial charge in [-0.25, -0.2) is 0 Å². The molecule has 5 heteroatoms. The number of likely N-dealkylation sites (tertiary alicyclic amines) is 1. The molecule has 0 aromatic heterocycles. The van der Waals surface area contributed by atoms with Gasteiger partial charge in [-0.15, -0.1) is 0 Å². The van der Waals surface area contributed by atoms with Crippen LogP contribution in [-0.2, 0) is 11.3 Å². The van der Waals surface area contributed by atoms with Gasteiger partial charge < -0.3 is 19.3 Å². The Balaban J connectivity index is 1.51. The van der Waals surface area contributed by atoms with Crippen molar-refractivity contribution in [3.8, 4) is 11.5 Å². The fourth-order valence-electron chi connectivity index (χ4n) is 3.98. The third-order valence-electron chi connectivity index (χ3n) is 5.12. The van der Waals surface area contributed by atoms with Gasteiger partial charge >= 0.3 is 0 Å². The average molecular weight is 305 g/mol. The van der Waals surface area contributed by atoms with Crippen LogP contribution in [0.1, 0.15) is 24.8 Å². The molecule has 3 aliphatic heterocycles. The SMILES string of the molecule is OC1CCOCC1C1CCCN1Cc1cccc2c1OCO2. The largest absolute Gasteiger partial charge is 0.454 e. The van der Waals surface area contributed by atoms with Crippen molar-refractivity contribution in [2.24, 2.45) is 5.92 Å². The molecule has 0 amide bonds. The lowest BCUT2D eigenvalue weighted by atomic mass is 9.89. The van der Waals surface area contributed by atoms with Gasteiger partial charge in [0.2, 0.25) is 6.79 Å². The highest BCUT2D eigenvalue weighted by Gasteiger charge is 2.37. The van der Waals surface area contributed by atoms with Crippen molar-refractivity contribution in [1.29, 1.82) is 0 Å². The van der Waals surface area contributed by atoms with Crippen LogP contribution in [-0.4, -0.2) is 48.7 Å². The molecule has 0 spiro atoms. The van der Waals surface area contributed by atoms with E-state index < -0.39 is 0 Å². The average Bonchev–Trinajstić information content (AvgIpc) is 3.17. The van der Waals surface area contributed by atoms with Crippen LogP contribution in [0.4, 0.5) is 0 Å². The van der Waals surface area contributed by atoms with E-state index in [4.69, 9.17) is 14.2 Å². The molecule has 5 nitrogen and oxygen atoms in total. The Bertz CT molecular complexity index is 535. The molecule has 0 saturated carbocycles. The Morgan fingerprint density at radius 3 is 3.09 bits per heavy atom. The summed E-state index contributed by atoms with van der Waals surface area (Å²) in [5, 5.41) is 10.3. The minimum atomic E-state index is -0.236. The van der Waals surface area contributed by atoms with Gasteiger partial charge in [-0.1, -0.05) is 12.1 Å². The summed E-state index contributed by atoms with van der Waals surface area (Å²) in [6.45, 7) is 3.58. The molecule has 1 aromatic carbocycles. The first-order valence-electron chi connectivity index (χ1n) is 8.20. The highest BCUT2D eigenvalue weighted by atomic mass is 16.7. The fraction of sp³-hybridized carbons (Fsp3) is 0.647. The van der Waals surface area contributed by atoms with Crippen LogP contribution in [0.15, 0.2) is 18.2 Å². The van der Waals surface area contributed by atoms with Crippen LogP contribution in [0.5, 0.6) is 11.5 Å². The van der Waals surface area contributed by atoms with E-state index in [2.05, 4.69) is 11.0 Å². The van der Waals surface area contributed by atoms with Crippen molar-refractivity contribution >= 4 is 0 Å². The van der Waals surface area contributed by atoms with E-state index in [1.165, 1.54) is 12.0 Å². The Labute approximate surface area is 130 Å². The molecule has 4 rings (SSSR count). The summed E-state index contributed by atoms with van der Waals surface area (Å²) in [6, 6.07) is 6.48. The minimum Gasteiger partial charge on any atom is -0.454 e. The molecule has 1 N–H and O–H groups in total. The van der Waals surface area contributed by atoms with Crippen LogP contribution < -0.4 is 9.47 Å². The smallest absolute Gasteiger partial charge is 0.231 e. The number of ether oxygens (including phenoxy) is 3. The highest BCUT2D eigenvalue weighted by Crippen LogP contribution is 2.38. The van der Waals surface area contributed by atoms with E-state index in [0.717, 1.165) is 37.4 Å². The molecule has 0 aliphatic carbocycles. The van der Waals surface area contributed by atoms with E-state index >= 15 is 0 Å². The Kier molecular flexibility index (Phi) is 3.94. The molecule has 3 heterocycles. The fourth-order valence-corrected chi connectivity index (χ4v) is 3.98. The molecular formula is C17H23NO4. The Morgan fingerprint density at radius 1 is 1.23 bits per heavy atom. The van der Waals surface area contributed by atoms with Crippen LogP contribution in [0.2, 0.25) is 0 Å². The first-order valence-corrected chi connectivity index (χ1v) is 8.20. The summed E-state index contributed by atoms with van der Waals surface area (Å²) < 4.78 is 16.7. The van der Waals surface area contributed by atoms with Crippen LogP contribution in [0, 0.1) is 5.92 Å². The number of aliphatic hydroxyl groups excluding tert-OH is 1. The first-order chi connectivity index (χ1) is 10.8.